The van der Waals surface area contributed by atoms with Gasteiger partial charge >= 0.3 is 0 Å². The summed E-state index contributed by atoms with van der Waals surface area (Å²) in [7, 11) is 0. The van der Waals surface area contributed by atoms with Gasteiger partial charge in [0.2, 0.25) is 5.91 Å². The molecule has 1 fully saturated rings. The SMILES string of the molecule is Cc1ccccc1C(C)CC(=O)N1CCCCC1. The average molecular weight is 245 g/mol. The van der Waals surface area contributed by atoms with E-state index in [1.807, 2.05) is 4.90 Å². The fourth-order valence-electron chi connectivity index (χ4n) is 2.78. The van der Waals surface area contributed by atoms with Crippen LogP contribution in [0.5, 0.6) is 0 Å². The first-order valence-corrected chi connectivity index (χ1v) is 7.02. The van der Waals surface area contributed by atoms with Crippen LogP contribution in [-0.2, 0) is 4.79 Å². The van der Waals surface area contributed by atoms with Crippen molar-refractivity contribution in [1.29, 1.82) is 0 Å². The monoisotopic (exact) mass is 245 g/mol. The fourth-order valence-corrected chi connectivity index (χ4v) is 2.78. The Morgan fingerprint density at radius 1 is 1.22 bits per heavy atom. The van der Waals surface area contributed by atoms with Crippen LogP contribution in [0, 0.1) is 6.92 Å². The number of hydrogen-bond donors (Lipinski definition) is 0. The Bertz CT molecular complexity index is 407. The second kappa shape index (κ2) is 6.03. The molecule has 1 saturated heterocycles. The number of benzene rings is 1. The normalized spacial score (nSPS) is 17.6. The summed E-state index contributed by atoms with van der Waals surface area (Å²) in [5, 5.41) is 0. The van der Waals surface area contributed by atoms with Gasteiger partial charge in [-0.2, -0.15) is 0 Å². The molecule has 0 aliphatic carbocycles. The lowest BCUT2D eigenvalue weighted by Gasteiger charge is -2.28. The fraction of sp³-hybridized carbons (Fsp3) is 0.562. The lowest BCUT2D eigenvalue weighted by atomic mass is 9.93. The molecule has 1 heterocycles. The van der Waals surface area contributed by atoms with Crippen molar-refractivity contribution >= 4 is 5.91 Å². The Balaban J connectivity index is 1.96. The Morgan fingerprint density at radius 3 is 2.56 bits per heavy atom. The Hall–Kier alpha value is -1.31. The highest BCUT2D eigenvalue weighted by molar-refractivity contribution is 5.77. The molecular formula is C16H23NO. The zero-order valence-corrected chi connectivity index (χ0v) is 11.5. The molecule has 1 unspecified atom stereocenters. The first-order chi connectivity index (χ1) is 8.68. The number of amides is 1. The zero-order valence-electron chi connectivity index (χ0n) is 11.5. The molecule has 1 aromatic rings. The highest BCUT2D eigenvalue weighted by atomic mass is 16.2. The standard InChI is InChI=1S/C16H23NO/c1-13-8-4-5-9-15(13)14(2)12-16(18)17-10-6-3-7-11-17/h4-5,8-9,14H,3,6-7,10-12H2,1-2H3. The third-order valence-corrected chi connectivity index (χ3v) is 3.91. The topological polar surface area (TPSA) is 20.3 Å². The number of carbonyl (C=O) groups excluding carboxylic acids is 1. The number of aryl methyl sites for hydroxylation is 1. The lowest BCUT2D eigenvalue weighted by Crippen LogP contribution is -2.36. The van der Waals surface area contributed by atoms with E-state index in [1.165, 1.54) is 30.4 Å². The van der Waals surface area contributed by atoms with Crippen LogP contribution in [0.4, 0.5) is 0 Å². The van der Waals surface area contributed by atoms with Crippen LogP contribution in [0.3, 0.4) is 0 Å². The van der Waals surface area contributed by atoms with Crippen LogP contribution in [0.15, 0.2) is 24.3 Å². The third kappa shape index (κ3) is 3.12. The van der Waals surface area contributed by atoms with E-state index in [-0.39, 0.29) is 0 Å². The first kappa shape index (κ1) is 13.1. The molecule has 1 atom stereocenters. The van der Waals surface area contributed by atoms with Crippen molar-refractivity contribution in [3.8, 4) is 0 Å². The Labute approximate surface area is 110 Å². The van der Waals surface area contributed by atoms with Crippen molar-refractivity contribution in [2.24, 2.45) is 0 Å². The summed E-state index contributed by atoms with van der Waals surface area (Å²) in [6.07, 6.45) is 4.26. The van der Waals surface area contributed by atoms with Gasteiger partial charge < -0.3 is 4.90 Å². The third-order valence-electron chi connectivity index (χ3n) is 3.91. The largest absolute Gasteiger partial charge is 0.343 e. The molecule has 0 radical (unpaired) electrons. The molecule has 1 amide bonds. The molecule has 1 aromatic carbocycles. The molecule has 2 heteroatoms. The van der Waals surface area contributed by atoms with Crippen molar-refractivity contribution in [3.63, 3.8) is 0 Å². The van der Waals surface area contributed by atoms with E-state index >= 15 is 0 Å². The van der Waals surface area contributed by atoms with Crippen LogP contribution in [-0.4, -0.2) is 23.9 Å². The molecule has 1 aliphatic rings. The second-order valence-electron chi connectivity index (χ2n) is 5.40. The highest BCUT2D eigenvalue weighted by Crippen LogP contribution is 2.23. The van der Waals surface area contributed by atoms with Crippen molar-refractivity contribution in [1.82, 2.24) is 4.90 Å². The highest BCUT2D eigenvalue weighted by Gasteiger charge is 2.19. The van der Waals surface area contributed by atoms with Gasteiger partial charge in [-0.15, -0.1) is 0 Å². The van der Waals surface area contributed by atoms with Gasteiger partial charge in [0.15, 0.2) is 0 Å². The number of piperidine rings is 1. The van der Waals surface area contributed by atoms with Crippen LogP contribution < -0.4 is 0 Å². The number of hydrogen-bond acceptors (Lipinski definition) is 1. The smallest absolute Gasteiger partial charge is 0.223 e. The molecule has 0 aromatic heterocycles. The van der Waals surface area contributed by atoms with Crippen LogP contribution in [0.2, 0.25) is 0 Å². The number of nitrogens with zero attached hydrogens (tertiary/aromatic N) is 1. The van der Waals surface area contributed by atoms with E-state index in [9.17, 15) is 4.79 Å². The molecule has 18 heavy (non-hydrogen) atoms. The summed E-state index contributed by atoms with van der Waals surface area (Å²) in [5.41, 5.74) is 2.60. The quantitative estimate of drug-likeness (QED) is 0.798. The van der Waals surface area contributed by atoms with E-state index in [0.29, 0.717) is 18.2 Å². The van der Waals surface area contributed by atoms with Crippen LogP contribution in [0.1, 0.15) is 49.7 Å². The van der Waals surface area contributed by atoms with Gasteiger partial charge in [-0.25, -0.2) is 0 Å². The van der Waals surface area contributed by atoms with Crippen LogP contribution in [0.25, 0.3) is 0 Å². The van der Waals surface area contributed by atoms with Gasteiger partial charge in [0.25, 0.3) is 0 Å². The van der Waals surface area contributed by atoms with E-state index < -0.39 is 0 Å². The number of carbonyl (C=O) groups is 1. The molecule has 1 aliphatic heterocycles. The minimum atomic E-state index is 0.320. The van der Waals surface area contributed by atoms with Crippen molar-refractivity contribution in [3.05, 3.63) is 35.4 Å². The summed E-state index contributed by atoms with van der Waals surface area (Å²) in [6, 6.07) is 8.38. The van der Waals surface area contributed by atoms with Gasteiger partial charge in [-0.05, 0) is 43.2 Å². The maximum absolute atomic E-state index is 12.2. The van der Waals surface area contributed by atoms with Gasteiger partial charge in [0.1, 0.15) is 0 Å². The second-order valence-corrected chi connectivity index (χ2v) is 5.40. The van der Waals surface area contributed by atoms with Gasteiger partial charge in [0, 0.05) is 19.5 Å². The Morgan fingerprint density at radius 2 is 1.89 bits per heavy atom. The number of rotatable bonds is 3. The summed E-state index contributed by atoms with van der Waals surface area (Å²) in [5.74, 6) is 0.645. The molecule has 2 rings (SSSR count). The van der Waals surface area contributed by atoms with E-state index in [4.69, 9.17) is 0 Å². The minimum Gasteiger partial charge on any atom is -0.343 e. The molecular weight excluding hydrogens is 222 g/mol. The van der Waals surface area contributed by atoms with Gasteiger partial charge in [-0.3, -0.25) is 4.79 Å². The van der Waals surface area contributed by atoms with Crippen LogP contribution >= 0.6 is 0 Å². The summed E-state index contributed by atoms with van der Waals surface area (Å²) >= 11 is 0. The maximum atomic E-state index is 12.2. The van der Waals surface area contributed by atoms with E-state index in [2.05, 4.69) is 38.1 Å². The summed E-state index contributed by atoms with van der Waals surface area (Å²) in [6.45, 7) is 6.19. The zero-order chi connectivity index (χ0) is 13.0. The summed E-state index contributed by atoms with van der Waals surface area (Å²) < 4.78 is 0. The van der Waals surface area contributed by atoms with Crippen molar-refractivity contribution < 1.29 is 4.79 Å². The summed E-state index contributed by atoms with van der Waals surface area (Å²) in [4.78, 5) is 14.3. The van der Waals surface area contributed by atoms with Gasteiger partial charge in [-0.1, -0.05) is 31.2 Å². The van der Waals surface area contributed by atoms with Crippen molar-refractivity contribution in [2.45, 2.75) is 45.4 Å². The Kier molecular flexibility index (Phi) is 4.40. The molecule has 0 N–H and O–H groups in total. The minimum absolute atomic E-state index is 0.320. The predicted octanol–water partition coefficient (Wildman–Crippen LogP) is 3.50. The van der Waals surface area contributed by atoms with Gasteiger partial charge in [0.05, 0.1) is 0 Å². The average Bonchev–Trinajstić information content (AvgIpc) is 2.40. The first-order valence-electron chi connectivity index (χ1n) is 7.02. The molecule has 2 nitrogen and oxygen atoms in total. The molecule has 0 saturated carbocycles. The van der Waals surface area contributed by atoms with E-state index in [0.717, 1.165) is 13.1 Å². The molecule has 0 spiro atoms. The maximum Gasteiger partial charge on any atom is 0.223 e. The predicted molar refractivity (Wildman–Crippen MR) is 74.6 cm³/mol. The lowest BCUT2D eigenvalue weighted by molar-refractivity contribution is -0.132. The molecule has 98 valence electrons. The number of likely N-dealkylation sites (tertiary alicyclic amines) is 1. The molecule has 0 bridgehead atoms. The van der Waals surface area contributed by atoms with Crippen molar-refractivity contribution in [2.75, 3.05) is 13.1 Å². The van der Waals surface area contributed by atoms with E-state index in [1.54, 1.807) is 0 Å².